The summed E-state index contributed by atoms with van der Waals surface area (Å²) in [4.78, 5) is 9.07. The first-order valence-corrected chi connectivity index (χ1v) is 5.86. The Balaban J connectivity index is 2.20. The highest BCUT2D eigenvalue weighted by molar-refractivity contribution is 7.16. The largest absolute Gasteiger partial charge is 0.492 e. The fourth-order valence-electron chi connectivity index (χ4n) is 1.30. The monoisotopic (exact) mass is 235 g/mol. The molecule has 0 saturated heterocycles. The summed E-state index contributed by atoms with van der Waals surface area (Å²) >= 11 is 1.45. The number of thiazole rings is 1. The van der Waals surface area contributed by atoms with E-state index in [1.807, 2.05) is 32.0 Å². The van der Waals surface area contributed by atoms with Crippen LogP contribution in [0.15, 0.2) is 24.4 Å². The Labute approximate surface area is 98.0 Å². The van der Waals surface area contributed by atoms with E-state index in [0.29, 0.717) is 5.13 Å². The van der Waals surface area contributed by atoms with Gasteiger partial charge < -0.3 is 10.4 Å². The molecular weight excluding hydrogens is 222 g/mol. The Kier molecular flexibility index (Phi) is 3.05. The van der Waals surface area contributed by atoms with Crippen LogP contribution in [0.1, 0.15) is 24.6 Å². The van der Waals surface area contributed by atoms with Crippen molar-refractivity contribution in [3.63, 3.8) is 0 Å². The fraction of sp³-hybridized carbons (Fsp3) is 0.273. The molecule has 0 aromatic carbocycles. The van der Waals surface area contributed by atoms with Crippen molar-refractivity contribution in [1.29, 1.82) is 0 Å². The zero-order valence-electron chi connectivity index (χ0n) is 9.14. The normalized spacial score (nSPS) is 10.7. The number of aromatic hydroxyl groups is 1. The highest BCUT2D eigenvalue weighted by atomic mass is 32.1. The van der Waals surface area contributed by atoms with Crippen molar-refractivity contribution < 1.29 is 5.11 Å². The molecule has 0 fully saturated rings. The van der Waals surface area contributed by atoms with Gasteiger partial charge in [-0.1, -0.05) is 31.3 Å². The van der Waals surface area contributed by atoms with E-state index in [0.717, 1.165) is 10.7 Å². The Morgan fingerprint density at radius 1 is 1.38 bits per heavy atom. The summed E-state index contributed by atoms with van der Waals surface area (Å²) in [6.07, 6.45) is 1.71. The number of nitrogens with one attached hydrogen (secondary N) is 1. The summed E-state index contributed by atoms with van der Waals surface area (Å²) < 4.78 is 0. The van der Waals surface area contributed by atoms with Gasteiger partial charge in [-0.05, 0) is 18.1 Å². The molecule has 0 aliphatic carbocycles. The third-order valence-electron chi connectivity index (χ3n) is 2.06. The van der Waals surface area contributed by atoms with Gasteiger partial charge in [-0.3, -0.25) is 0 Å². The molecule has 84 valence electrons. The third-order valence-corrected chi connectivity index (χ3v) is 3.32. The maximum Gasteiger partial charge on any atom is 0.227 e. The van der Waals surface area contributed by atoms with Crippen molar-refractivity contribution in [2.45, 2.75) is 19.8 Å². The molecule has 0 unspecified atom stereocenters. The maximum absolute atomic E-state index is 9.62. The zero-order valence-corrected chi connectivity index (χ0v) is 9.95. The second kappa shape index (κ2) is 4.49. The van der Waals surface area contributed by atoms with Gasteiger partial charge in [0.05, 0.1) is 4.88 Å². The number of aromatic nitrogens is 2. The van der Waals surface area contributed by atoms with Crippen molar-refractivity contribution in [2.75, 3.05) is 5.32 Å². The van der Waals surface area contributed by atoms with E-state index in [1.165, 1.54) is 11.3 Å². The molecule has 0 aliphatic heterocycles. The number of nitrogens with zero attached hydrogens (tertiary/aromatic N) is 2. The summed E-state index contributed by atoms with van der Waals surface area (Å²) in [7, 11) is 0. The van der Waals surface area contributed by atoms with E-state index in [2.05, 4.69) is 15.3 Å². The van der Waals surface area contributed by atoms with Gasteiger partial charge in [0, 0.05) is 6.20 Å². The summed E-state index contributed by atoms with van der Waals surface area (Å²) in [5, 5.41) is 13.3. The van der Waals surface area contributed by atoms with Crippen LogP contribution in [-0.2, 0) is 0 Å². The minimum Gasteiger partial charge on any atom is -0.492 e. The summed E-state index contributed by atoms with van der Waals surface area (Å²) in [6, 6.07) is 5.60. The van der Waals surface area contributed by atoms with Gasteiger partial charge in [-0.15, -0.1) is 0 Å². The number of pyridine rings is 1. The van der Waals surface area contributed by atoms with E-state index >= 15 is 0 Å². The molecule has 2 aromatic heterocycles. The molecule has 16 heavy (non-hydrogen) atoms. The zero-order chi connectivity index (χ0) is 11.5. The highest BCUT2D eigenvalue weighted by Crippen LogP contribution is 2.34. The number of anilines is 2. The molecule has 4 nitrogen and oxygen atoms in total. The minimum absolute atomic E-state index is 0.110. The lowest BCUT2D eigenvalue weighted by molar-refractivity contribution is 0.449. The number of hydrogen-bond acceptors (Lipinski definition) is 5. The molecule has 2 aromatic rings. The van der Waals surface area contributed by atoms with Crippen LogP contribution in [0.5, 0.6) is 5.88 Å². The fourth-order valence-corrected chi connectivity index (χ4v) is 2.17. The first-order chi connectivity index (χ1) is 7.66. The van der Waals surface area contributed by atoms with Crippen LogP contribution >= 0.6 is 11.3 Å². The molecule has 5 heteroatoms. The van der Waals surface area contributed by atoms with Crippen LogP contribution in [0.3, 0.4) is 0 Å². The van der Waals surface area contributed by atoms with Gasteiger partial charge in [0.1, 0.15) is 5.82 Å². The van der Waals surface area contributed by atoms with E-state index in [9.17, 15) is 5.11 Å². The van der Waals surface area contributed by atoms with Crippen LogP contribution in [0.25, 0.3) is 0 Å². The van der Waals surface area contributed by atoms with Gasteiger partial charge in [0.25, 0.3) is 0 Å². The minimum atomic E-state index is 0.110. The summed E-state index contributed by atoms with van der Waals surface area (Å²) in [5.74, 6) is 1.11. The smallest absolute Gasteiger partial charge is 0.227 e. The first-order valence-electron chi connectivity index (χ1n) is 5.04. The predicted octanol–water partition coefficient (Wildman–Crippen LogP) is 3.11. The van der Waals surface area contributed by atoms with Gasteiger partial charge in [-0.25, -0.2) is 4.98 Å². The van der Waals surface area contributed by atoms with Crippen LogP contribution in [0.4, 0.5) is 10.9 Å². The Morgan fingerprint density at radius 3 is 2.75 bits per heavy atom. The predicted molar refractivity (Wildman–Crippen MR) is 65.4 cm³/mol. The van der Waals surface area contributed by atoms with E-state index in [1.54, 1.807) is 6.20 Å². The molecule has 0 bridgehead atoms. The third kappa shape index (κ3) is 2.30. The lowest BCUT2D eigenvalue weighted by atomic mass is 10.2. The topological polar surface area (TPSA) is 58.0 Å². The van der Waals surface area contributed by atoms with Gasteiger partial charge in [0.2, 0.25) is 5.88 Å². The maximum atomic E-state index is 9.62. The number of rotatable bonds is 3. The van der Waals surface area contributed by atoms with Crippen LogP contribution in [0, 0.1) is 0 Å². The molecular formula is C11H13N3OS. The molecule has 0 atom stereocenters. The SMILES string of the molecule is CC(C)c1sc(Nc2ccccn2)nc1O. The molecule has 0 amide bonds. The molecule has 2 N–H and O–H groups in total. The second-order valence-corrected chi connectivity index (χ2v) is 4.73. The molecule has 0 radical (unpaired) electrons. The molecule has 0 aliphatic rings. The average molecular weight is 235 g/mol. The summed E-state index contributed by atoms with van der Waals surface area (Å²) in [6.45, 7) is 4.05. The van der Waals surface area contributed by atoms with Crippen molar-refractivity contribution in [2.24, 2.45) is 0 Å². The van der Waals surface area contributed by atoms with E-state index in [-0.39, 0.29) is 11.8 Å². The average Bonchev–Trinajstić information content (AvgIpc) is 2.61. The van der Waals surface area contributed by atoms with Crippen molar-refractivity contribution >= 4 is 22.3 Å². The Bertz CT molecular complexity index is 467. The first kappa shape index (κ1) is 10.9. The van der Waals surface area contributed by atoms with Gasteiger partial charge >= 0.3 is 0 Å². The molecule has 2 heterocycles. The summed E-state index contributed by atoms with van der Waals surface area (Å²) in [5.41, 5.74) is 0. The van der Waals surface area contributed by atoms with Crippen LogP contribution in [0.2, 0.25) is 0 Å². The molecule has 0 spiro atoms. The standard InChI is InChI=1S/C11H13N3OS/c1-7(2)9-10(15)14-11(16-9)13-8-5-3-4-6-12-8/h3-7,15H,1-2H3,(H,12,13,14). The lowest BCUT2D eigenvalue weighted by Gasteiger charge is -1.99. The second-order valence-electron chi connectivity index (χ2n) is 3.70. The van der Waals surface area contributed by atoms with Crippen LogP contribution < -0.4 is 5.32 Å². The Hall–Kier alpha value is -1.62. The quantitative estimate of drug-likeness (QED) is 0.858. The van der Waals surface area contributed by atoms with E-state index < -0.39 is 0 Å². The Morgan fingerprint density at radius 2 is 2.19 bits per heavy atom. The van der Waals surface area contributed by atoms with Crippen molar-refractivity contribution in [1.82, 2.24) is 9.97 Å². The highest BCUT2D eigenvalue weighted by Gasteiger charge is 2.13. The van der Waals surface area contributed by atoms with Crippen molar-refractivity contribution in [3.05, 3.63) is 29.3 Å². The molecule has 2 rings (SSSR count). The molecule has 0 saturated carbocycles. The number of hydrogen-bond donors (Lipinski definition) is 2. The van der Waals surface area contributed by atoms with Crippen LogP contribution in [-0.4, -0.2) is 15.1 Å². The van der Waals surface area contributed by atoms with E-state index in [4.69, 9.17) is 0 Å². The van der Waals surface area contributed by atoms with Crippen molar-refractivity contribution in [3.8, 4) is 5.88 Å². The van der Waals surface area contributed by atoms with Gasteiger partial charge in [0.15, 0.2) is 5.13 Å². The lowest BCUT2D eigenvalue weighted by Crippen LogP contribution is -1.90. The van der Waals surface area contributed by atoms with Gasteiger partial charge in [-0.2, -0.15) is 4.98 Å².